The van der Waals surface area contributed by atoms with Crippen molar-refractivity contribution < 1.29 is 13.2 Å². The van der Waals surface area contributed by atoms with Crippen LogP contribution in [0.15, 0.2) is 41.3 Å². The maximum atomic E-state index is 13.7. The van der Waals surface area contributed by atoms with Gasteiger partial charge in [-0.25, -0.2) is 13.4 Å². The lowest BCUT2D eigenvalue weighted by molar-refractivity contribution is 0.0980. The van der Waals surface area contributed by atoms with E-state index in [0.717, 1.165) is 28.9 Å². The molecule has 6 nitrogen and oxygen atoms in total. The van der Waals surface area contributed by atoms with E-state index in [1.807, 2.05) is 19.1 Å². The van der Waals surface area contributed by atoms with Crippen LogP contribution in [0, 0.1) is 6.92 Å². The largest absolute Gasteiger partial charge is 0.302 e. The van der Waals surface area contributed by atoms with E-state index in [4.69, 9.17) is 16.6 Å². The van der Waals surface area contributed by atoms with E-state index >= 15 is 0 Å². The number of amides is 1. The molecule has 0 aliphatic heterocycles. The maximum Gasteiger partial charge on any atom is 0.261 e. The fraction of sp³-hybridized carbons (Fsp3) is 0.391. The van der Waals surface area contributed by atoms with Gasteiger partial charge in [0.05, 0.1) is 31.5 Å². The molecule has 0 atom stereocenters. The number of nitrogens with zero attached hydrogens (tertiary/aromatic N) is 3. The van der Waals surface area contributed by atoms with Gasteiger partial charge in [-0.1, -0.05) is 61.9 Å². The van der Waals surface area contributed by atoms with Crippen molar-refractivity contribution in [3.63, 3.8) is 0 Å². The lowest BCUT2D eigenvalue weighted by atomic mass is 10.2. The summed E-state index contributed by atoms with van der Waals surface area (Å²) in [5, 5.41) is 1.09. The molecule has 10 heteroatoms. The summed E-state index contributed by atoms with van der Waals surface area (Å²) in [6, 6.07) is 10.1. The predicted molar refractivity (Wildman–Crippen MR) is 140 cm³/mol. The quantitative estimate of drug-likeness (QED) is 0.367. The molecule has 0 aliphatic rings. The van der Waals surface area contributed by atoms with Gasteiger partial charge in [-0.3, -0.25) is 9.69 Å². The predicted octanol–water partition coefficient (Wildman–Crippen LogP) is 5.46. The maximum absolute atomic E-state index is 13.7. The van der Waals surface area contributed by atoms with Crippen LogP contribution in [0.5, 0.6) is 0 Å². The molecule has 0 saturated carbocycles. The Morgan fingerprint density at radius 1 is 1.06 bits per heavy atom. The van der Waals surface area contributed by atoms with Crippen LogP contribution in [0.3, 0.4) is 0 Å². The SMILES string of the molecule is CCN(CC)CCN(C(=O)c1ccccc1S(=O)(=O)CC)c1nc2c(C)ccc(Cl)c2s1.Cl. The molecule has 3 aromatic rings. The molecule has 0 N–H and O–H groups in total. The number of thiazole rings is 1. The molecule has 0 aliphatic carbocycles. The van der Waals surface area contributed by atoms with Crippen molar-refractivity contribution >= 4 is 66.4 Å². The van der Waals surface area contributed by atoms with Gasteiger partial charge in [0.1, 0.15) is 0 Å². The molecule has 33 heavy (non-hydrogen) atoms. The second-order valence-electron chi connectivity index (χ2n) is 7.42. The van der Waals surface area contributed by atoms with Gasteiger partial charge in [0.25, 0.3) is 5.91 Å². The number of rotatable bonds is 9. The highest BCUT2D eigenvalue weighted by molar-refractivity contribution is 7.91. The third-order valence-corrected chi connectivity index (χ3v) is 8.85. The Labute approximate surface area is 210 Å². The lowest BCUT2D eigenvalue weighted by Crippen LogP contribution is -2.39. The first kappa shape index (κ1) is 27.5. The van der Waals surface area contributed by atoms with E-state index in [2.05, 4.69) is 18.7 Å². The summed E-state index contributed by atoms with van der Waals surface area (Å²) in [7, 11) is -3.56. The number of halogens is 2. The molecule has 180 valence electrons. The Balaban J connectivity index is 0.00000385. The summed E-state index contributed by atoms with van der Waals surface area (Å²) in [5.41, 5.74) is 1.89. The van der Waals surface area contributed by atoms with Gasteiger partial charge in [0.2, 0.25) is 0 Å². The minimum Gasteiger partial charge on any atom is -0.302 e. The van der Waals surface area contributed by atoms with Gasteiger partial charge in [0, 0.05) is 13.1 Å². The second-order valence-corrected chi connectivity index (χ2v) is 11.1. The van der Waals surface area contributed by atoms with Crippen LogP contribution >= 0.6 is 35.3 Å². The van der Waals surface area contributed by atoms with E-state index in [1.54, 1.807) is 30.0 Å². The highest BCUT2D eigenvalue weighted by atomic mass is 35.5. The van der Waals surface area contributed by atoms with Crippen molar-refractivity contribution in [2.24, 2.45) is 0 Å². The van der Waals surface area contributed by atoms with Crippen LogP contribution in [0.4, 0.5) is 5.13 Å². The molecule has 2 aromatic carbocycles. The summed E-state index contributed by atoms with van der Waals surface area (Å²) in [6.07, 6.45) is 0. The molecule has 3 rings (SSSR count). The number of hydrogen-bond acceptors (Lipinski definition) is 6. The summed E-state index contributed by atoms with van der Waals surface area (Å²) in [5.74, 6) is -0.454. The van der Waals surface area contributed by atoms with E-state index in [9.17, 15) is 13.2 Å². The van der Waals surface area contributed by atoms with E-state index in [0.29, 0.717) is 23.2 Å². The molecule has 0 fully saturated rings. The summed E-state index contributed by atoms with van der Waals surface area (Å²) in [6.45, 7) is 10.4. The smallest absolute Gasteiger partial charge is 0.261 e. The molecular weight excluding hydrogens is 501 g/mol. The number of sulfone groups is 1. The first-order chi connectivity index (χ1) is 15.2. The molecule has 0 unspecified atom stereocenters. The fourth-order valence-electron chi connectivity index (χ4n) is 3.49. The van der Waals surface area contributed by atoms with E-state index < -0.39 is 9.84 Å². The summed E-state index contributed by atoms with van der Waals surface area (Å²) in [4.78, 5) is 22.3. The second kappa shape index (κ2) is 11.6. The molecule has 0 saturated heterocycles. The minimum atomic E-state index is -3.56. The lowest BCUT2D eigenvalue weighted by Gasteiger charge is -2.25. The normalized spacial score (nSPS) is 11.6. The standard InChI is InChI=1S/C23H28ClN3O3S2.ClH/c1-5-26(6-2)14-15-27(23-25-20-16(4)12-13-18(24)21(20)31-23)22(28)17-10-8-9-11-19(17)32(29,30)7-3;/h8-13H,5-7,14-15H2,1-4H3;1H. The topological polar surface area (TPSA) is 70.6 Å². The van der Waals surface area contributed by atoms with Crippen LogP contribution in [0.1, 0.15) is 36.7 Å². The average molecular weight is 531 g/mol. The molecule has 1 heterocycles. The Kier molecular flexibility index (Phi) is 9.70. The van der Waals surface area contributed by atoms with Gasteiger partial charge in [-0.05, 0) is 43.8 Å². The van der Waals surface area contributed by atoms with Crippen molar-refractivity contribution in [1.29, 1.82) is 0 Å². The Morgan fingerprint density at radius 3 is 2.33 bits per heavy atom. The number of benzene rings is 2. The zero-order valence-electron chi connectivity index (χ0n) is 19.2. The number of aryl methyl sites for hydroxylation is 1. The van der Waals surface area contributed by atoms with E-state index in [1.165, 1.54) is 17.4 Å². The molecule has 0 bridgehead atoms. The fourth-order valence-corrected chi connectivity index (χ4v) is 5.92. The van der Waals surface area contributed by atoms with Gasteiger partial charge < -0.3 is 4.90 Å². The zero-order valence-corrected chi connectivity index (χ0v) is 22.4. The van der Waals surface area contributed by atoms with Crippen molar-refractivity contribution in [3.8, 4) is 0 Å². The number of anilines is 1. The van der Waals surface area contributed by atoms with Crippen LogP contribution in [-0.4, -0.2) is 56.1 Å². The van der Waals surface area contributed by atoms with Gasteiger partial charge >= 0.3 is 0 Å². The number of hydrogen-bond donors (Lipinski definition) is 0. The number of aromatic nitrogens is 1. The minimum absolute atomic E-state index is 0. The number of carbonyl (C=O) groups is 1. The van der Waals surface area contributed by atoms with Gasteiger partial charge in [-0.15, -0.1) is 12.4 Å². The van der Waals surface area contributed by atoms with Crippen LogP contribution in [0.25, 0.3) is 10.2 Å². The van der Waals surface area contributed by atoms with Crippen LogP contribution in [0.2, 0.25) is 5.02 Å². The molecular formula is C23H29Cl2N3O3S2. The number of carbonyl (C=O) groups excluding carboxylic acids is 1. The zero-order chi connectivity index (χ0) is 23.5. The van der Waals surface area contributed by atoms with Crippen LogP contribution < -0.4 is 4.90 Å². The van der Waals surface area contributed by atoms with Crippen molar-refractivity contribution in [1.82, 2.24) is 9.88 Å². The highest BCUT2D eigenvalue weighted by Crippen LogP contribution is 2.36. The highest BCUT2D eigenvalue weighted by Gasteiger charge is 2.27. The number of fused-ring (bicyclic) bond motifs is 1. The number of likely N-dealkylation sites (N-methyl/N-ethyl adjacent to an activating group) is 1. The third-order valence-electron chi connectivity index (χ3n) is 5.53. The van der Waals surface area contributed by atoms with Crippen LogP contribution in [-0.2, 0) is 9.84 Å². The first-order valence-electron chi connectivity index (χ1n) is 10.6. The molecule has 0 radical (unpaired) electrons. The Morgan fingerprint density at radius 2 is 1.73 bits per heavy atom. The van der Waals surface area contributed by atoms with Crippen molar-refractivity contribution in [2.45, 2.75) is 32.6 Å². The third kappa shape index (κ3) is 5.87. The van der Waals surface area contributed by atoms with Crippen molar-refractivity contribution in [2.75, 3.05) is 36.8 Å². The van der Waals surface area contributed by atoms with Gasteiger partial charge in [-0.2, -0.15) is 0 Å². The summed E-state index contributed by atoms with van der Waals surface area (Å²) < 4.78 is 26.1. The molecule has 0 spiro atoms. The Hall–Kier alpha value is -1.71. The average Bonchev–Trinajstić information content (AvgIpc) is 3.25. The Bertz CT molecular complexity index is 1190. The van der Waals surface area contributed by atoms with Crippen molar-refractivity contribution in [3.05, 3.63) is 52.5 Å². The van der Waals surface area contributed by atoms with Gasteiger partial charge in [0.15, 0.2) is 15.0 Å². The monoisotopic (exact) mass is 529 g/mol. The molecule has 1 aromatic heterocycles. The molecule has 1 amide bonds. The summed E-state index contributed by atoms with van der Waals surface area (Å²) >= 11 is 7.75. The van der Waals surface area contributed by atoms with E-state index in [-0.39, 0.29) is 34.5 Å². The first-order valence-corrected chi connectivity index (χ1v) is 13.5.